The Labute approximate surface area is 167 Å². The minimum absolute atomic E-state index is 0.108. The topological polar surface area (TPSA) is 104 Å². The molecule has 0 aliphatic carbocycles. The van der Waals surface area contributed by atoms with E-state index >= 15 is 0 Å². The molecule has 2 rings (SSSR count). The van der Waals surface area contributed by atoms with Crippen LogP contribution in [0.5, 0.6) is 11.5 Å². The number of thiazole rings is 1. The number of carbonyl (C=O) groups excluding carboxylic acids is 1. The van der Waals surface area contributed by atoms with Gasteiger partial charge in [-0.2, -0.15) is 0 Å². The average Bonchev–Trinajstić information content (AvgIpc) is 3.13. The maximum atomic E-state index is 11.9. The molecular weight excluding hydrogens is 386 g/mol. The van der Waals surface area contributed by atoms with Crippen molar-refractivity contribution in [3.05, 3.63) is 39.9 Å². The Balaban J connectivity index is 2.01. The number of esters is 1. The number of hydrogen-bond acceptors (Lipinski definition) is 9. The molecule has 1 heterocycles. The molecule has 0 saturated carbocycles. The van der Waals surface area contributed by atoms with E-state index in [1.807, 2.05) is 17.3 Å². The SMILES string of the molecule is CN(CCOc1ccc([N+](=O)[O-])cc1OCC(=O)OC(C)(C)C)c1nccs1. The summed E-state index contributed by atoms with van der Waals surface area (Å²) < 4.78 is 16.3. The Morgan fingerprint density at radius 2 is 2.04 bits per heavy atom. The Morgan fingerprint density at radius 1 is 1.29 bits per heavy atom. The van der Waals surface area contributed by atoms with Crippen LogP contribution < -0.4 is 14.4 Å². The van der Waals surface area contributed by atoms with Crippen LogP contribution in [0.2, 0.25) is 0 Å². The standard InChI is InChI=1S/C18H23N3O6S/c1-18(2,3)27-16(22)12-26-15-11-13(21(23)24)5-6-14(15)25-9-8-20(4)17-19-7-10-28-17/h5-7,10-11H,8-9,12H2,1-4H3. The minimum Gasteiger partial charge on any atom is -0.488 e. The van der Waals surface area contributed by atoms with Gasteiger partial charge in [0, 0.05) is 24.7 Å². The molecule has 0 amide bonds. The third kappa shape index (κ3) is 6.69. The zero-order valence-electron chi connectivity index (χ0n) is 16.2. The Kier molecular flexibility index (Phi) is 7.16. The van der Waals surface area contributed by atoms with E-state index in [9.17, 15) is 14.9 Å². The summed E-state index contributed by atoms with van der Waals surface area (Å²) in [4.78, 5) is 28.5. The Morgan fingerprint density at radius 3 is 2.64 bits per heavy atom. The van der Waals surface area contributed by atoms with Crippen molar-refractivity contribution < 1.29 is 23.9 Å². The van der Waals surface area contributed by atoms with E-state index in [4.69, 9.17) is 14.2 Å². The number of benzene rings is 1. The number of nitro groups is 1. The van der Waals surface area contributed by atoms with E-state index in [1.165, 1.54) is 29.5 Å². The van der Waals surface area contributed by atoms with Crippen molar-refractivity contribution >= 4 is 28.1 Å². The Hall–Kier alpha value is -2.88. The smallest absolute Gasteiger partial charge is 0.344 e. The fourth-order valence-corrected chi connectivity index (χ4v) is 2.78. The number of carbonyl (C=O) groups is 1. The van der Waals surface area contributed by atoms with Gasteiger partial charge >= 0.3 is 5.97 Å². The number of rotatable bonds is 9. The van der Waals surface area contributed by atoms with Gasteiger partial charge in [0.05, 0.1) is 17.5 Å². The van der Waals surface area contributed by atoms with Gasteiger partial charge in [-0.3, -0.25) is 10.1 Å². The highest BCUT2D eigenvalue weighted by atomic mass is 32.1. The summed E-state index contributed by atoms with van der Waals surface area (Å²) in [5.74, 6) is -0.160. The first-order valence-corrected chi connectivity index (χ1v) is 9.40. The number of hydrogen-bond donors (Lipinski definition) is 0. The molecular formula is C18H23N3O6S. The minimum atomic E-state index is -0.650. The van der Waals surface area contributed by atoms with Crippen molar-refractivity contribution in [3.8, 4) is 11.5 Å². The number of likely N-dealkylation sites (N-methyl/N-ethyl adjacent to an activating group) is 1. The molecule has 28 heavy (non-hydrogen) atoms. The van der Waals surface area contributed by atoms with Gasteiger partial charge in [-0.25, -0.2) is 9.78 Å². The number of nitrogens with zero attached hydrogens (tertiary/aromatic N) is 3. The average molecular weight is 409 g/mol. The fraction of sp³-hybridized carbons (Fsp3) is 0.444. The molecule has 0 spiro atoms. The van der Waals surface area contributed by atoms with Crippen LogP contribution in [-0.4, -0.2) is 48.3 Å². The van der Waals surface area contributed by atoms with Crippen molar-refractivity contribution in [3.63, 3.8) is 0 Å². The van der Waals surface area contributed by atoms with Gasteiger partial charge in [-0.15, -0.1) is 11.3 Å². The molecule has 10 heteroatoms. The van der Waals surface area contributed by atoms with Crippen molar-refractivity contribution in [1.82, 2.24) is 4.98 Å². The summed E-state index contributed by atoms with van der Waals surface area (Å²) >= 11 is 1.51. The zero-order chi connectivity index (χ0) is 20.7. The maximum absolute atomic E-state index is 11.9. The summed E-state index contributed by atoms with van der Waals surface area (Å²) in [7, 11) is 1.89. The quantitative estimate of drug-likeness (QED) is 0.353. The summed E-state index contributed by atoms with van der Waals surface area (Å²) in [5, 5.41) is 13.8. The zero-order valence-corrected chi connectivity index (χ0v) is 17.0. The van der Waals surface area contributed by atoms with Crippen molar-refractivity contribution in [2.45, 2.75) is 26.4 Å². The highest BCUT2D eigenvalue weighted by molar-refractivity contribution is 7.13. The van der Waals surface area contributed by atoms with Gasteiger partial charge in [0.15, 0.2) is 23.2 Å². The molecule has 0 N–H and O–H groups in total. The molecule has 0 atom stereocenters. The number of anilines is 1. The molecule has 0 aliphatic heterocycles. The molecule has 0 saturated heterocycles. The molecule has 1 aromatic heterocycles. The molecule has 0 radical (unpaired) electrons. The van der Waals surface area contributed by atoms with Gasteiger partial charge < -0.3 is 19.1 Å². The van der Waals surface area contributed by atoms with E-state index in [0.717, 1.165) is 5.13 Å². The molecule has 0 aliphatic rings. The van der Waals surface area contributed by atoms with Crippen LogP contribution in [0, 0.1) is 10.1 Å². The lowest BCUT2D eigenvalue weighted by Gasteiger charge is -2.20. The van der Waals surface area contributed by atoms with Crippen LogP contribution in [0.25, 0.3) is 0 Å². The van der Waals surface area contributed by atoms with Crippen LogP contribution in [-0.2, 0) is 9.53 Å². The van der Waals surface area contributed by atoms with Crippen molar-refractivity contribution in [2.24, 2.45) is 0 Å². The number of aromatic nitrogens is 1. The molecule has 0 fully saturated rings. The van der Waals surface area contributed by atoms with Gasteiger partial charge in [-0.1, -0.05) is 0 Å². The molecule has 9 nitrogen and oxygen atoms in total. The predicted octanol–water partition coefficient (Wildman–Crippen LogP) is 3.29. The van der Waals surface area contributed by atoms with Crippen LogP contribution >= 0.6 is 11.3 Å². The maximum Gasteiger partial charge on any atom is 0.344 e. The van der Waals surface area contributed by atoms with Crippen molar-refractivity contribution in [1.29, 1.82) is 0 Å². The molecule has 1 aromatic carbocycles. The normalized spacial score (nSPS) is 11.0. The first-order chi connectivity index (χ1) is 13.2. The lowest BCUT2D eigenvalue weighted by Crippen LogP contribution is -2.27. The molecule has 2 aromatic rings. The van der Waals surface area contributed by atoms with E-state index in [1.54, 1.807) is 27.0 Å². The van der Waals surface area contributed by atoms with E-state index in [-0.39, 0.29) is 18.0 Å². The van der Waals surface area contributed by atoms with Gasteiger partial charge in [-0.05, 0) is 26.8 Å². The number of ether oxygens (including phenoxy) is 3. The molecule has 152 valence electrons. The second kappa shape index (κ2) is 9.36. The summed E-state index contributed by atoms with van der Waals surface area (Å²) in [6.07, 6.45) is 1.72. The number of nitro benzene ring substituents is 1. The van der Waals surface area contributed by atoms with E-state index in [2.05, 4.69) is 4.98 Å². The third-order valence-electron chi connectivity index (χ3n) is 3.33. The highest BCUT2D eigenvalue weighted by Gasteiger charge is 2.19. The van der Waals surface area contributed by atoms with Crippen LogP contribution in [0.3, 0.4) is 0 Å². The number of non-ortho nitro benzene ring substituents is 1. The van der Waals surface area contributed by atoms with Gasteiger partial charge in [0.1, 0.15) is 12.2 Å². The lowest BCUT2D eigenvalue weighted by atomic mass is 10.2. The van der Waals surface area contributed by atoms with E-state index < -0.39 is 16.5 Å². The molecule has 0 bridgehead atoms. The van der Waals surface area contributed by atoms with E-state index in [0.29, 0.717) is 18.9 Å². The summed E-state index contributed by atoms with van der Waals surface area (Å²) in [6, 6.07) is 4.00. The second-order valence-electron chi connectivity index (χ2n) is 6.85. The summed E-state index contributed by atoms with van der Waals surface area (Å²) in [6.45, 7) is 5.70. The highest BCUT2D eigenvalue weighted by Crippen LogP contribution is 2.31. The van der Waals surface area contributed by atoms with Crippen LogP contribution in [0.4, 0.5) is 10.8 Å². The monoisotopic (exact) mass is 409 g/mol. The van der Waals surface area contributed by atoms with Crippen LogP contribution in [0.15, 0.2) is 29.8 Å². The third-order valence-corrected chi connectivity index (χ3v) is 4.22. The predicted molar refractivity (Wildman–Crippen MR) is 105 cm³/mol. The van der Waals surface area contributed by atoms with Crippen LogP contribution in [0.1, 0.15) is 20.8 Å². The molecule has 0 unspecified atom stereocenters. The summed E-state index contributed by atoms with van der Waals surface area (Å²) in [5.41, 5.74) is -0.811. The fourth-order valence-electron chi connectivity index (χ4n) is 2.14. The Bertz CT molecular complexity index is 804. The lowest BCUT2D eigenvalue weighted by molar-refractivity contribution is -0.385. The first-order valence-electron chi connectivity index (χ1n) is 8.52. The largest absolute Gasteiger partial charge is 0.488 e. The van der Waals surface area contributed by atoms with Gasteiger partial charge in [0.2, 0.25) is 0 Å². The second-order valence-corrected chi connectivity index (χ2v) is 7.72. The first kappa shape index (κ1) is 21.4. The van der Waals surface area contributed by atoms with Crippen molar-refractivity contribution in [2.75, 3.05) is 31.7 Å². The van der Waals surface area contributed by atoms with Gasteiger partial charge in [0.25, 0.3) is 5.69 Å².